The number of carbonyl (C=O) groups is 1. The Bertz CT molecular complexity index is 609. The number of nitrogens with one attached hydrogen (secondary N) is 1. The van der Waals surface area contributed by atoms with E-state index in [-0.39, 0.29) is 19.1 Å². The van der Waals surface area contributed by atoms with E-state index in [2.05, 4.69) is 19.2 Å². The lowest BCUT2D eigenvalue weighted by Gasteiger charge is -2.16. The first-order chi connectivity index (χ1) is 11.1. The first kappa shape index (κ1) is 17.1. The summed E-state index contributed by atoms with van der Waals surface area (Å²) in [7, 11) is 0. The quantitative estimate of drug-likeness (QED) is 0.785. The Balaban J connectivity index is 1.83. The highest BCUT2D eigenvalue weighted by Crippen LogP contribution is 2.28. The van der Waals surface area contributed by atoms with Gasteiger partial charge >= 0.3 is 0 Å². The molecule has 0 aliphatic carbocycles. The fraction of sp³-hybridized carbons (Fsp3) is 0.389. The van der Waals surface area contributed by atoms with Gasteiger partial charge in [0.05, 0.1) is 12.8 Å². The summed E-state index contributed by atoms with van der Waals surface area (Å²) in [6.45, 7) is 4.24. The summed E-state index contributed by atoms with van der Waals surface area (Å²) in [5.41, 5.74) is 1.10. The second-order valence-corrected chi connectivity index (χ2v) is 5.47. The molecule has 2 atom stereocenters. The highest BCUT2D eigenvalue weighted by molar-refractivity contribution is 5.77. The first-order valence-corrected chi connectivity index (χ1v) is 7.81. The Morgan fingerprint density at radius 3 is 2.78 bits per heavy atom. The lowest BCUT2D eigenvalue weighted by atomic mass is 9.98. The van der Waals surface area contributed by atoms with Gasteiger partial charge < -0.3 is 19.6 Å². The molecule has 5 heteroatoms. The molecule has 2 unspecified atom stereocenters. The van der Waals surface area contributed by atoms with E-state index in [4.69, 9.17) is 9.15 Å². The number of carbonyl (C=O) groups excluding carboxylic acids is 1. The monoisotopic (exact) mass is 317 g/mol. The SMILES string of the molecule is CCC(C)c1ccccc1OCC(=O)NCC(O)c1ccco1. The molecule has 23 heavy (non-hydrogen) atoms. The Kier molecular flexibility index (Phi) is 6.23. The Labute approximate surface area is 136 Å². The molecule has 1 amide bonds. The maximum absolute atomic E-state index is 11.9. The van der Waals surface area contributed by atoms with Gasteiger partial charge in [-0.2, -0.15) is 0 Å². The van der Waals surface area contributed by atoms with E-state index < -0.39 is 6.10 Å². The third kappa shape index (κ3) is 4.86. The molecule has 1 aromatic carbocycles. The molecule has 2 N–H and O–H groups in total. The number of benzene rings is 1. The minimum absolute atomic E-state index is 0.0850. The Morgan fingerprint density at radius 1 is 1.30 bits per heavy atom. The van der Waals surface area contributed by atoms with Gasteiger partial charge in [0, 0.05) is 0 Å². The Morgan fingerprint density at radius 2 is 2.09 bits per heavy atom. The molecule has 0 radical (unpaired) electrons. The van der Waals surface area contributed by atoms with Gasteiger partial charge in [0.15, 0.2) is 6.61 Å². The standard InChI is InChI=1S/C18H23NO4/c1-3-13(2)14-7-4-5-8-16(14)23-12-18(21)19-11-15(20)17-9-6-10-22-17/h4-10,13,15,20H,3,11-12H2,1-2H3,(H,19,21). The fourth-order valence-corrected chi connectivity index (χ4v) is 2.23. The lowest BCUT2D eigenvalue weighted by Crippen LogP contribution is -2.32. The predicted octanol–water partition coefficient (Wildman–Crippen LogP) is 3.02. The highest BCUT2D eigenvalue weighted by atomic mass is 16.5. The smallest absolute Gasteiger partial charge is 0.258 e. The van der Waals surface area contributed by atoms with Crippen LogP contribution in [0, 0.1) is 0 Å². The number of aliphatic hydroxyl groups is 1. The minimum Gasteiger partial charge on any atom is -0.483 e. The van der Waals surface area contributed by atoms with Crippen LogP contribution in [0.3, 0.4) is 0 Å². The average Bonchev–Trinajstić information content (AvgIpc) is 3.12. The molecule has 0 aliphatic heterocycles. The molecule has 0 bridgehead atoms. The van der Waals surface area contributed by atoms with Crippen LogP contribution in [0.2, 0.25) is 0 Å². The lowest BCUT2D eigenvalue weighted by molar-refractivity contribution is -0.123. The van der Waals surface area contributed by atoms with Crippen LogP contribution in [0.5, 0.6) is 5.75 Å². The molecule has 0 spiro atoms. The molecular formula is C18H23NO4. The molecule has 0 saturated heterocycles. The van der Waals surface area contributed by atoms with Crippen molar-refractivity contribution in [3.63, 3.8) is 0 Å². The van der Waals surface area contributed by atoms with E-state index in [9.17, 15) is 9.90 Å². The topological polar surface area (TPSA) is 71.7 Å². The summed E-state index contributed by atoms with van der Waals surface area (Å²) in [5, 5.41) is 12.5. The first-order valence-electron chi connectivity index (χ1n) is 7.81. The van der Waals surface area contributed by atoms with Crippen molar-refractivity contribution in [1.82, 2.24) is 5.32 Å². The van der Waals surface area contributed by atoms with Gasteiger partial charge in [-0.25, -0.2) is 0 Å². The van der Waals surface area contributed by atoms with Crippen LogP contribution >= 0.6 is 0 Å². The van der Waals surface area contributed by atoms with E-state index in [0.29, 0.717) is 11.7 Å². The third-order valence-corrected chi connectivity index (χ3v) is 3.79. The van der Waals surface area contributed by atoms with E-state index >= 15 is 0 Å². The van der Waals surface area contributed by atoms with E-state index in [0.717, 1.165) is 17.7 Å². The van der Waals surface area contributed by atoms with Crippen molar-refractivity contribution in [2.75, 3.05) is 13.2 Å². The molecule has 1 aromatic heterocycles. The maximum Gasteiger partial charge on any atom is 0.258 e. The summed E-state index contributed by atoms with van der Waals surface area (Å²) in [6, 6.07) is 11.1. The molecule has 0 aliphatic rings. The Hall–Kier alpha value is -2.27. The summed E-state index contributed by atoms with van der Waals surface area (Å²) in [6.07, 6.45) is 1.62. The van der Waals surface area contributed by atoms with Crippen molar-refractivity contribution >= 4 is 5.91 Å². The van der Waals surface area contributed by atoms with Crippen LogP contribution in [-0.2, 0) is 4.79 Å². The summed E-state index contributed by atoms with van der Waals surface area (Å²) in [5.74, 6) is 1.24. The number of amides is 1. The predicted molar refractivity (Wildman–Crippen MR) is 87.3 cm³/mol. The van der Waals surface area contributed by atoms with Gasteiger partial charge in [-0.1, -0.05) is 32.0 Å². The number of hydrogen-bond donors (Lipinski definition) is 2. The van der Waals surface area contributed by atoms with Crippen molar-refractivity contribution in [1.29, 1.82) is 0 Å². The van der Waals surface area contributed by atoms with Crippen molar-refractivity contribution in [2.24, 2.45) is 0 Å². The van der Waals surface area contributed by atoms with Crippen LogP contribution in [-0.4, -0.2) is 24.2 Å². The van der Waals surface area contributed by atoms with E-state index in [1.807, 2.05) is 24.3 Å². The third-order valence-electron chi connectivity index (χ3n) is 3.79. The minimum atomic E-state index is -0.860. The molecule has 0 fully saturated rings. The van der Waals surface area contributed by atoms with Gasteiger partial charge in [-0.05, 0) is 36.1 Å². The van der Waals surface area contributed by atoms with Crippen LogP contribution in [0.25, 0.3) is 0 Å². The number of rotatable bonds is 8. The molecule has 124 valence electrons. The molecular weight excluding hydrogens is 294 g/mol. The fourth-order valence-electron chi connectivity index (χ4n) is 2.23. The molecule has 5 nitrogen and oxygen atoms in total. The zero-order chi connectivity index (χ0) is 16.7. The van der Waals surface area contributed by atoms with E-state index in [1.165, 1.54) is 6.26 Å². The van der Waals surface area contributed by atoms with E-state index in [1.54, 1.807) is 12.1 Å². The number of hydrogen-bond acceptors (Lipinski definition) is 4. The number of furan rings is 1. The summed E-state index contributed by atoms with van der Waals surface area (Å²) >= 11 is 0. The zero-order valence-electron chi connectivity index (χ0n) is 13.5. The van der Waals surface area contributed by atoms with Crippen LogP contribution < -0.4 is 10.1 Å². The van der Waals surface area contributed by atoms with Crippen molar-refractivity contribution in [2.45, 2.75) is 32.3 Å². The van der Waals surface area contributed by atoms with Crippen LogP contribution in [0.1, 0.15) is 43.6 Å². The van der Waals surface area contributed by atoms with Crippen LogP contribution in [0.4, 0.5) is 0 Å². The van der Waals surface area contributed by atoms with Gasteiger partial charge in [0.2, 0.25) is 0 Å². The highest BCUT2D eigenvalue weighted by Gasteiger charge is 2.14. The van der Waals surface area contributed by atoms with Gasteiger partial charge in [-0.15, -0.1) is 0 Å². The summed E-state index contributed by atoms with van der Waals surface area (Å²) < 4.78 is 10.7. The largest absolute Gasteiger partial charge is 0.483 e. The van der Waals surface area contributed by atoms with Crippen molar-refractivity contribution in [3.05, 3.63) is 54.0 Å². The number of ether oxygens (including phenoxy) is 1. The normalized spacial score (nSPS) is 13.3. The zero-order valence-corrected chi connectivity index (χ0v) is 13.5. The molecule has 2 rings (SSSR count). The second-order valence-electron chi connectivity index (χ2n) is 5.47. The molecule has 2 aromatic rings. The summed E-state index contributed by atoms with van der Waals surface area (Å²) in [4.78, 5) is 11.9. The van der Waals surface area contributed by atoms with Gasteiger partial charge in [0.1, 0.15) is 17.6 Å². The van der Waals surface area contributed by atoms with Crippen molar-refractivity contribution in [3.8, 4) is 5.75 Å². The average molecular weight is 317 g/mol. The molecule has 1 heterocycles. The molecule has 0 saturated carbocycles. The van der Waals surface area contributed by atoms with Gasteiger partial charge in [0.25, 0.3) is 5.91 Å². The van der Waals surface area contributed by atoms with Gasteiger partial charge in [-0.3, -0.25) is 4.79 Å². The maximum atomic E-state index is 11.9. The second kappa shape index (κ2) is 8.39. The number of aliphatic hydroxyl groups excluding tert-OH is 1. The van der Waals surface area contributed by atoms with Crippen molar-refractivity contribution < 1.29 is 19.1 Å². The van der Waals surface area contributed by atoms with Crippen LogP contribution in [0.15, 0.2) is 47.1 Å². The number of para-hydroxylation sites is 1.